The number of hydrogen-bond donors (Lipinski definition) is 0. The second-order valence-electron chi connectivity index (χ2n) is 7.71. The molecule has 1 saturated heterocycles. The average Bonchev–Trinajstić information content (AvgIpc) is 3.31. The third-order valence-corrected chi connectivity index (χ3v) is 6.52. The molecule has 0 spiro atoms. The summed E-state index contributed by atoms with van der Waals surface area (Å²) in [6.07, 6.45) is 2.08. The van der Waals surface area contributed by atoms with Crippen LogP contribution < -0.4 is 0 Å². The molecule has 0 aromatic heterocycles. The number of carbonyl (C=O) groups excluding carboxylic acids is 2. The van der Waals surface area contributed by atoms with Crippen molar-refractivity contribution in [2.75, 3.05) is 0 Å². The molecule has 3 aliphatic rings. The zero-order chi connectivity index (χ0) is 17.0. The molecule has 126 valence electrons. The fraction of sp³-hybridized carbons (Fsp3) is 0.364. The molecule has 2 aliphatic carbocycles. The van der Waals surface area contributed by atoms with Gasteiger partial charge in [0, 0.05) is 0 Å². The number of hydrogen-bond acceptors (Lipinski definition) is 2. The topological polar surface area (TPSA) is 37.4 Å². The Bertz CT molecular complexity index is 816. The molecular formula is C22H21NO2. The molecule has 1 aliphatic heterocycles. The second kappa shape index (κ2) is 5.55. The molecule has 2 amide bonds. The van der Waals surface area contributed by atoms with Crippen LogP contribution in [0.3, 0.4) is 0 Å². The van der Waals surface area contributed by atoms with Crippen molar-refractivity contribution in [2.45, 2.75) is 25.3 Å². The Hall–Kier alpha value is -2.42. The smallest absolute Gasteiger partial charge is 0.233 e. The highest BCUT2D eigenvalue weighted by molar-refractivity contribution is 6.06. The first-order chi connectivity index (χ1) is 12.2. The highest BCUT2D eigenvalue weighted by Gasteiger charge is 2.63. The highest BCUT2D eigenvalue weighted by Crippen LogP contribution is 2.61. The van der Waals surface area contributed by atoms with Crippen molar-refractivity contribution in [3.05, 3.63) is 71.8 Å². The lowest BCUT2D eigenvalue weighted by molar-refractivity contribution is -0.141. The molecular weight excluding hydrogens is 310 g/mol. The fourth-order valence-electron chi connectivity index (χ4n) is 5.53. The minimum atomic E-state index is -0.0971. The monoisotopic (exact) mass is 331 g/mol. The Kier molecular flexibility index (Phi) is 3.30. The van der Waals surface area contributed by atoms with Gasteiger partial charge in [0.25, 0.3) is 0 Å². The van der Waals surface area contributed by atoms with Crippen LogP contribution in [0.1, 0.15) is 29.9 Å². The van der Waals surface area contributed by atoms with Crippen molar-refractivity contribution in [3.8, 4) is 0 Å². The Morgan fingerprint density at radius 2 is 1.44 bits per heavy atom. The Balaban J connectivity index is 1.42. The first kappa shape index (κ1) is 14.9. The van der Waals surface area contributed by atoms with E-state index in [1.54, 1.807) is 0 Å². The third kappa shape index (κ3) is 2.18. The van der Waals surface area contributed by atoms with Crippen molar-refractivity contribution in [3.63, 3.8) is 0 Å². The van der Waals surface area contributed by atoms with Gasteiger partial charge >= 0.3 is 0 Å². The summed E-state index contributed by atoms with van der Waals surface area (Å²) in [6.45, 7) is 0.418. The van der Waals surface area contributed by atoms with Gasteiger partial charge < -0.3 is 0 Å². The molecule has 0 unspecified atom stereocenters. The molecule has 25 heavy (non-hydrogen) atoms. The maximum atomic E-state index is 13.1. The van der Waals surface area contributed by atoms with Gasteiger partial charge in [0.2, 0.25) is 11.8 Å². The van der Waals surface area contributed by atoms with Crippen LogP contribution in [0.15, 0.2) is 60.7 Å². The Morgan fingerprint density at radius 3 is 2.16 bits per heavy atom. The van der Waals surface area contributed by atoms with E-state index in [9.17, 15) is 9.59 Å². The van der Waals surface area contributed by atoms with Gasteiger partial charge in [-0.05, 0) is 41.7 Å². The average molecular weight is 331 g/mol. The summed E-state index contributed by atoms with van der Waals surface area (Å²) in [5.74, 6) is 1.10. The minimum absolute atomic E-state index is 0.0620. The summed E-state index contributed by atoms with van der Waals surface area (Å²) in [6, 6.07) is 20.3. The van der Waals surface area contributed by atoms with Crippen molar-refractivity contribution < 1.29 is 9.59 Å². The lowest BCUT2D eigenvalue weighted by Gasteiger charge is -2.28. The van der Waals surface area contributed by atoms with Crippen LogP contribution in [0.4, 0.5) is 0 Å². The van der Waals surface area contributed by atoms with Crippen LogP contribution in [0, 0.1) is 23.7 Å². The molecule has 2 saturated carbocycles. The standard InChI is InChI=1S/C22H21NO2/c24-21-19-16-11-17(15-9-5-2-6-10-15)18(12-16)20(19)22(25)23(21)13-14-7-3-1-4-8-14/h1-10,16-20H,11-13H2/t16-,17-,18+,19+,20+/m1/s1. The largest absolute Gasteiger partial charge is 0.278 e. The number of fused-ring (bicyclic) bond motifs is 5. The minimum Gasteiger partial charge on any atom is -0.278 e. The number of amides is 2. The van der Waals surface area contributed by atoms with Gasteiger partial charge in [0.15, 0.2) is 0 Å². The van der Waals surface area contributed by atoms with Crippen LogP contribution in [0.5, 0.6) is 0 Å². The zero-order valence-corrected chi connectivity index (χ0v) is 14.0. The zero-order valence-electron chi connectivity index (χ0n) is 14.0. The maximum Gasteiger partial charge on any atom is 0.233 e. The Morgan fingerprint density at radius 1 is 0.800 bits per heavy atom. The lowest BCUT2D eigenvalue weighted by atomic mass is 9.73. The summed E-state index contributed by atoms with van der Waals surface area (Å²) in [4.78, 5) is 27.5. The number of carbonyl (C=O) groups is 2. The van der Waals surface area contributed by atoms with Crippen LogP contribution in [-0.4, -0.2) is 16.7 Å². The van der Waals surface area contributed by atoms with Gasteiger partial charge in [-0.25, -0.2) is 0 Å². The van der Waals surface area contributed by atoms with E-state index in [-0.39, 0.29) is 23.7 Å². The van der Waals surface area contributed by atoms with Gasteiger partial charge in [-0.1, -0.05) is 60.7 Å². The van der Waals surface area contributed by atoms with E-state index in [1.165, 1.54) is 10.5 Å². The first-order valence-electron chi connectivity index (χ1n) is 9.18. The van der Waals surface area contributed by atoms with E-state index in [0.717, 1.165) is 18.4 Å². The normalized spacial score (nSPS) is 33.1. The van der Waals surface area contributed by atoms with Gasteiger partial charge in [-0.3, -0.25) is 14.5 Å². The van der Waals surface area contributed by atoms with E-state index < -0.39 is 0 Å². The molecule has 3 heteroatoms. The maximum absolute atomic E-state index is 13.1. The summed E-state index contributed by atoms with van der Waals surface area (Å²) in [7, 11) is 0. The number of benzene rings is 2. The summed E-state index contributed by atoms with van der Waals surface area (Å²) in [5, 5.41) is 0. The van der Waals surface area contributed by atoms with Crippen LogP contribution in [-0.2, 0) is 16.1 Å². The summed E-state index contributed by atoms with van der Waals surface area (Å²) >= 11 is 0. The van der Waals surface area contributed by atoms with E-state index in [0.29, 0.717) is 24.3 Å². The summed E-state index contributed by atoms with van der Waals surface area (Å²) in [5.41, 5.74) is 2.35. The van der Waals surface area contributed by atoms with Crippen molar-refractivity contribution in [2.24, 2.45) is 23.7 Å². The van der Waals surface area contributed by atoms with Gasteiger partial charge in [0.05, 0.1) is 18.4 Å². The predicted molar refractivity (Wildman–Crippen MR) is 94.4 cm³/mol. The summed E-state index contributed by atoms with van der Waals surface area (Å²) < 4.78 is 0. The SMILES string of the molecule is O=C1[C@H]2[C@H]3C[C@H]([C@@H]2C(=O)N1Cc1ccccc1)[C@@H](c1ccccc1)C3. The number of nitrogens with zero attached hydrogens (tertiary/aromatic N) is 1. The molecule has 2 aromatic carbocycles. The van der Waals surface area contributed by atoms with Crippen molar-refractivity contribution in [1.29, 1.82) is 0 Å². The number of likely N-dealkylation sites (tertiary alicyclic amines) is 1. The lowest BCUT2D eigenvalue weighted by Crippen LogP contribution is -2.32. The number of imide groups is 1. The molecule has 3 nitrogen and oxygen atoms in total. The Labute approximate surface area is 147 Å². The number of rotatable bonds is 3. The quantitative estimate of drug-likeness (QED) is 0.806. The van der Waals surface area contributed by atoms with Crippen molar-refractivity contribution >= 4 is 11.8 Å². The molecule has 1 heterocycles. The predicted octanol–water partition coefficient (Wildman–Crippen LogP) is 3.61. The molecule has 0 N–H and O–H groups in total. The molecule has 3 fully saturated rings. The molecule has 5 atom stereocenters. The molecule has 5 rings (SSSR count). The van der Waals surface area contributed by atoms with E-state index in [1.807, 2.05) is 36.4 Å². The van der Waals surface area contributed by atoms with Crippen LogP contribution >= 0.6 is 0 Å². The third-order valence-electron chi connectivity index (χ3n) is 6.52. The molecule has 0 radical (unpaired) electrons. The van der Waals surface area contributed by atoms with Crippen molar-refractivity contribution in [1.82, 2.24) is 4.90 Å². The highest BCUT2D eigenvalue weighted by atomic mass is 16.2. The van der Waals surface area contributed by atoms with Crippen LogP contribution in [0.2, 0.25) is 0 Å². The van der Waals surface area contributed by atoms with Crippen LogP contribution in [0.25, 0.3) is 0 Å². The second-order valence-corrected chi connectivity index (χ2v) is 7.71. The van der Waals surface area contributed by atoms with E-state index >= 15 is 0 Å². The van der Waals surface area contributed by atoms with E-state index in [4.69, 9.17) is 0 Å². The van der Waals surface area contributed by atoms with Gasteiger partial charge in [-0.2, -0.15) is 0 Å². The van der Waals surface area contributed by atoms with E-state index in [2.05, 4.69) is 24.3 Å². The first-order valence-corrected chi connectivity index (χ1v) is 9.18. The molecule has 2 bridgehead atoms. The fourth-order valence-corrected chi connectivity index (χ4v) is 5.53. The van der Waals surface area contributed by atoms with Gasteiger partial charge in [-0.15, -0.1) is 0 Å². The molecule has 2 aromatic rings. The van der Waals surface area contributed by atoms with Gasteiger partial charge in [0.1, 0.15) is 0 Å².